The van der Waals surface area contributed by atoms with Gasteiger partial charge in [0.15, 0.2) is 11.6 Å². The van der Waals surface area contributed by atoms with Crippen molar-refractivity contribution in [2.75, 3.05) is 10.6 Å². The lowest BCUT2D eigenvalue weighted by Gasteiger charge is -2.22. The van der Waals surface area contributed by atoms with E-state index in [1.54, 1.807) is 29.5 Å². The molecular weight excluding hydrogens is 457 g/mol. The van der Waals surface area contributed by atoms with E-state index < -0.39 is 5.82 Å². The fourth-order valence-corrected chi connectivity index (χ4v) is 3.57. The van der Waals surface area contributed by atoms with Gasteiger partial charge < -0.3 is 22.1 Å². The van der Waals surface area contributed by atoms with Gasteiger partial charge in [-0.2, -0.15) is 15.0 Å². The lowest BCUT2D eigenvalue weighted by Crippen LogP contribution is -2.37. The summed E-state index contributed by atoms with van der Waals surface area (Å²) in [6.07, 6.45) is 12.3. The summed E-state index contributed by atoms with van der Waals surface area (Å²) in [5, 5.41) is 14.6. The molecule has 2 heterocycles. The number of nitrogens with two attached hydrogens (primary N) is 2. The van der Waals surface area contributed by atoms with Crippen molar-refractivity contribution in [2.24, 2.45) is 16.5 Å². The predicted octanol–water partition coefficient (Wildman–Crippen LogP) is 4.83. The average Bonchev–Trinajstić information content (AvgIpc) is 3.37. The molecule has 0 saturated carbocycles. The van der Waals surface area contributed by atoms with Crippen LogP contribution in [0.4, 0.5) is 16.0 Å². The first-order chi connectivity index (χ1) is 17.3. The minimum atomic E-state index is -0.533. The number of hydrogen-bond acceptors (Lipinski definition) is 8. The Labute approximate surface area is 213 Å². The molecule has 0 bridgehead atoms. The summed E-state index contributed by atoms with van der Waals surface area (Å²) in [6.45, 7) is 14.3. The van der Waals surface area contributed by atoms with Crippen LogP contribution in [0.25, 0.3) is 5.70 Å². The van der Waals surface area contributed by atoms with Gasteiger partial charge in [-0.15, -0.1) is 0 Å². The molecule has 0 saturated heterocycles. The Kier molecular flexibility index (Phi) is 11.8. The molecule has 0 fully saturated rings. The van der Waals surface area contributed by atoms with Crippen molar-refractivity contribution in [3.05, 3.63) is 61.0 Å². The van der Waals surface area contributed by atoms with Gasteiger partial charge in [0.25, 0.3) is 0 Å². The van der Waals surface area contributed by atoms with E-state index in [9.17, 15) is 4.39 Å². The number of anilines is 2. The second-order valence-electron chi connectivity index (χ2n) is 8.70. The third kappa shape index (κ3) is 8.92. The van der Waals surface area contributed by atoms with E-state index in [1.165, 1.54) is 6.07 Å². The number of nitrogens with zero attached hydrogens (tertiary/aromatic N) is 5. The van der Waals surface area contributed by atoms with E-state index in [0.717, 1.165) is 37.8 Å². The first-order valence-corrected chi connectivity index (χ1v) is 12.5. The van der Waals surface area contributed by atoms with E-state index in [2.05, 4.69) is 45.9 Å². The van der Waals surface area contributed by atoms with Crippen LogP contribution in [0.15, 0.2) is 54.6 Å². The Morgan fingerprint density at radius 3 is 2.53 bits per heavy atom. The first-order valence-electron chi connectivity index (χ1n) is 12.5. The number of allylic oxidation sites excluding steroid dienone is 1. The highest BCUT2D eigenvalue weighted by Crippen LogP contribution is 2.26. The molecule has 0 radical (unpaired) electrons. The largest absolute Gasteiger partial charge is 0.399 e. The monoisotopic (exact) mass is 497 g/mol. The van der Waals surface area contributed by atoms with Crippen LogP contribution in [0.1, 0.15) is 64.9 Å². The van der Waals surface area contributed by atoms with Gasteiger partial charge in [-0.1, -0.05) is 39.8 Å². The molecule has 0 aromatic carbocycles. The van der Waals surface area contributed by atoms with Crippen molar-refractivity contribution >= 4 is 23.0 Å². The quantitative estimate of drug-likeness (QED) is 0.148. The number of unbranched alkanes of at least 4 members (excludes halogenated alkanes) is 2. The average molecular weight is 498 g/mol. The van der Waals surface area contributed by atoms with Crippen LogP contribution >= 0.6 is 0 Å². The van der Waals surface area contributed by atoms with Crippen molar-refractivity contribution in [1.29, 1.82) is 0 Å². The summed E-state index contributed by atoms with van der Waals surface area (Å²) in [5.41, 5.74) is 14.1. The van der Waals surface area contributed by atoms with Crippen LogP contribution < -0.4 is 22.1 Å². The van der Waals surface area contributed by atoms with Crippen molar-refractivity contribution in [2.45, 2.75) is 77.9 Å². The van der Waals surface area contributed by atoms with E-state index in [0.29, 0.717) is 30.0 Å². The summed E-state index contributed by atoms with van der Waals surface area (Å²) >= 11 is 0. The van der Waals surface area contributed by atoms with E-state index in [-0.39, 0.29) is 23.6 Å². The molecule has 36 heavy (non-hydrogen) atoms. The Bertz CT molecular complexity index is 1040. The standard InChI is InChI=1S/C26H40FN9/c1-6-9-10-11-21(12-15-36-31-13-14-32-36)30-17-20(7-2)33-25-22(18(4)28)16-23(27)26(35-25)34-24(8-3)19(5)29/h7,13-14,16-17,19,24H,2,4,6,8-12,15,28-29H2,1,3,5H3,(H2,33,34,35)/b20-17+,30-21-. The van der Waals surface area contributed by atoms with Crippen LogP contribution in [0.2, 0.25) is 0 Å². The highest BCUT2D eigenvalue weighted by atomic mass is 19.1. The van der Waals surface area contributed by atoms with Crippen LogP contribution in [0.5, 0.6) is 0 Å². The van der Waals surface area contributed by atoms with Crippen molar-refractivity contribution < 1.29 is 4.39 Å². The van der Waals surface area contributed by atoms with Crippen LogP contribution in [-0.2, 0) is 6.54 Å². The summed E-state index contributed by atoms with van der Waals surface area (Å²) in [5.74, 6) is -0.0973. The van der Waals surface area contributed by atoms with Crippen LogP contribution in [0.3, 0.4) is 0 Å². The molecule has 0 spiro atoms. The zero-order valence-electron chi connectivity index (χ0n) is 21.7. The van der Waals surface area contributed by atoms with Crippen molar-refractivity contribution in [3.63, 3.8) is 0 Å². The molecule has 196 valence electrons. The summed E-state index contributed by atoms with van der Waals surface area (Å²) in [7, 11) is 0. The summed E-state index contributed by atoms with van der Waals surface area (Å²) < 4.78 is 14.8. The molecule has 10 heteroatoms. The third-order valence-electron chi connectivity index (χ3n) is 5.72. The van der Waals surface area contributed by atoms with Crippen LogP contribution in [-0.4, -0.2) is 37.8 Å². The van der Waals surface area contributed by atoms with Gasteiger partial charge in [-0.25, -0.2) is 9.37 Å². The molecule has 2 rings (SSSR count). The van der Waals surface area contributed by atoms with E-state index in [1.807, 2.05) is 13.8 Å². The minimum Gasteiger partial charge on any atom is -0.399 e. The Hall–Kier alpha value is -3.53. The molecule has 2 atom stereocenters. The maximum absolute atomic E-state index is 14.8. The minimum absolute atomic E-state index is 0.0885. The molecule has 2 unspecified atom stereocenters. The molecule has 2 aromatic rings. The van der Waals surface area contributed by atoms with Crippen molar-refractivity contribution in [3.8, 4) is 0 Å². The van der Waals surface area contributed by atoms with Gasteiger partial charge >= 0.3 is 0 Å². The molecule has 0 aliphatic heterocycles. The third-order valence-corrected chi connectivity index (χ3v) is 5.72. The van der Waals surface area contributed by atoms with Gasteiger partial charge in [-0.3, -0.25) is 4.99 Å². The Morgan fingerprint density at radius 1 is 1.22 bits per heavy atom. The molecule has 6 N–H and O–H groups in total. The highest BCUT2D eigenvalue weighted by molar-refractivity contribution is 5.85. The zero-order chi connectivity index (χ0) is 26.5. The highest BCUT2D eigenvalue weighted by Gasteiger charge is 2.18. The molecule has 0 aliphatic carbocycles. The molecule has 0 amide bonds. The molecule has 9 nitrogen and oxygen atoms in total. The van der Waals surface area contributed by atoms with Gasteiger partial charge in [0, 0.05) is 35.5 Å². The summed E-state index contributed by atoms with van der Waals surface area (Å²) in [6, 6.07) is 0.990. The number of aromatic nitrogens is 4. The van der Waals surface area contributed by atoms with E-state index in [4.69, 9.17) is 16.5 Å². The molecule has 2 aromatic heterocycles. The smallest absolute Gasteiger partial charge is 0.166 e. The number of rotatable bonds is 16. The maximum atomic E-state index is 14.8. The molecular formula is C26H40FN9. The lowest BCUT2D eigenvalue weighted by atomic mass is 10.1. The lowest BCUT2D eigenvalue weighted by molar-refractivity contribution is 0.547. The Morgan fingerprint density at radius 2 is 1.94 bits per heavy atom. The zero-order valence-corrected chi connectivity index (χ0v) is 21.7. The predicted molar refractivity (Wildman–Crippen MR) is 147 cm³/mol. The first kappa shape index (κ1) is 28.7. The second-order valence-corrected chi connectivity index (χ2v) is 8.70. The van der Waals surface area contributed by atoms with Gasteiger partial charge in [0.1, 0.15) is 5.82 Å². The summed E-state index contributed by atoms with van der Waals surface area (Å²) in [4.78, 5) is 10.8. The van der Waals surface area contributed by atoms with Gasteiger partial charge in [0.2, 0.25) is 0 Å². The van der Waals surface area contributed by atoms with Crippen molar-refractivity contribution in [1.82, 2.24) is 20.0 Å². The fraction of sp³-hybridized carbons (Fsp3) is 0.462. The molecule has 0 aliphatic rings. The van der Waals surface area contributed by atoms with Crippen LogP contribution in [0, 0.1) is 5.82 Å². The number of hydrogen-bond donors (Lipinski definition) is 4. The Balaban J connectivity index is 2.31. The van der Waals surface area contributed by atoms with Gasteiger partial charge in [-0.05, 0) is 38.3 Å². The van der Waals surface area contributed by atoms with Gasteiger partial charge in [0.05, 0.1) is 30.8 Å². The SMILES string of the molecule is C=C/C(=C\N=C(\CCCCC)CCn1nccn1)Nc1nc(NC(CC)C(C)N)c(F)cc1C(=C)N. The number of nitrogens with one attached hydrogen (secondary N) is 2. The fourth-order valence-electron chi connectivity index (χ4n) is 3.57. The topological polar surface area (TPSA) is 132 Å². The number of aliphatic imine (C=N–C) groups is 1. The number of halogens is 1. The normalized spacial score (nSPS) is 13.8. The van der Waals surface area contributed by atoms with E-state index >= 15 is 0 Å². The second kappa shape index (κ2) is 14.8. The number of pyridine rings is 1. The maximum Gasteiger partial charge on any atom is 0.166 e. The number of aryl methyl sites for hydroxylation is 1.